The smallest absolute Gasteiger partial charge is 0.236 e. The summed E-state index contributed by atoms with van der Waals surface area (Å²) >= 11 is 0. The van der Waals surface area contributed by atoms with E-state index >= 15 is 0 Å². The summed E-state index contributed by atoms with van der Waals surface area (Å²) in [4.78, 5) is 13.4. The van der Waals surface area contributed by atoms with Gasteiger partial charge >= 0.3 is 0 Å². The number of hydrogen-bond acceptors (Lipinski definition) is 3. The summed E-state index contributed by atoms with van der Waals surface area (Å²) in [5.41, 5.74) is 0. The van der Waals surface area contributed by atoms with Gasteiger partial charge in [0.05, 0.1) is 12.6 Å². The van der Waals surface area contributed by atoms with Gasteiger partial charge in [0, 0.05) is 26.1 Å². The number of piperidine rings is 1. The third-order valence-electron chi connectivity index (χ3n) is 2.40. The van der Waals surface area contributed by atoms with Crippen LogP contribution in [-0.4, -0.2) is 37.0 Å². The summed E-state index contributed by atoms with van der Waals surface area (Å²) in [7, 11) is 0. The van der Waals surface area contributed by atoms with E-state index in [-0.39, 0.29) is 5.91 Å². The van der Waals surface area contributed by atoms with Crippen molar-refractivity contribution in [2.45, 2.75) is 25.7 Å². The van der Waals surface area contributed by atoms with E-state index in [1.807, 2.05) is 11.0 Å². The van der Waals surface area contributed by atoms with Crippen molar-refractivity contribution in [2.24, 2.45) is 0 Å². The highest BCUT2D eigenvalue weighted by Gasteiger charge is 2.15. The fourth-order valence-electron chi connectivity index (χ4n) is 1.59. The lowest BCUT2D eigenvalue weighted by atomic mass is 10.1. The molecule has 0 bridgehead atoms. The summed E-state index contributed by atoms with van der Waals surface area (Å²) in [6.07, 6.45) is 3.97. The van der Waals surface area contributed by atoms with Gasteiger partial charge in [0.2, 0.25) is 5.91 Å². The van der Waals surface area contributed by atoms with Crippen LogP contribution in [0.4, 0.5) is 0 Å². The SMILES string of the molecule is N#CCCNCC(=O)N1CCCCC1. The first-order chi connectivity index (χ1) is 6.84. The molecule has 0 atom stereocenters. The molecule has 1 saturated heterocycles. The summed E-state index contributed by atoms with van der Waals surface area (Å²) in [5, 5.41) is 11.3. The number of nitrogens with one attached hydrogen (secondary N) is 1. The summed E-state index contributed by atoms with van der Waals surface area (Å²) in [6.45, 7) is 2.79. The minimum absolute atomic E-state index is 0.169. The van der Waals surface area contributed by atoms with Crippen molar-refractivity contribution in [1.29, 1.82) is 5.26 Å². The highest BCUT2D eigenvalue weighted by molar-refractivity contribution is 5.78. The number of nitrogens with zero attached hydrogens (tertiary/aromatic N) is 2. The normalized spacial score (nSPS) is 16.4. The summed E-state index contributed by atoms with van der Waals surface area (Å²) in [5.74, 6) is 0.169. The van der Waals surface area contributed by atoms with Gasteiger partial charge in [0.25, 0.3) is 0 Å². The Morgan fingerprint density at radius 1 is 1.36 bits per heavy atom. The highest BCUT2D eigenvalue weighted by atomic mass is 16.2. The van der Waals surface area contributed by atoms with Crippen molar-refractivity contribution in [1.82, 2.24) is 10.2 Å². The standard InChI is InChI=1S/C10H17N3O/c11-5-4-6-12-9-10(14)13-7-2-1-3-8-13/h12H,1-4,6-9H2. The van der Waals surface area contributed by atoms with Crippen molar-refractivity contribution in [3.05, 3.63) is 0 Å². The van der Waals surface area contributed by atoms with E-state index in [9.17, 15) is 4.79 Å². The number of likely N-dealkylation sites (tertiary alicyclic amines) is 1. The third-order valence-corrected chi connectivity index (χ3v) is 2.40. The van der Waals surface area contributed by atoms with Crippen molar-refractivity contribution < 1.29 is 4.79 Å². The van der Waals surface area contributed by atoms with E-state index < -0.39 is 0 Å². The Kier molecular flexibility index (Phi) is 5.02. The molecule has 4 heteroatoms. The molecule has 1 amide bonds. The zero-order valence-corrected chi connectivity index (χ0v) is 8.46. The lowest BCUT2D eigenvalue weighted by molar-refractivity contribution is -0.131. The topological polar surface area (TPSA) is 56.1 Å². The Balaban J connectivity index is 2.11. The maximum Gasteiger partial charge on any atom is 0.236 e. The molecule has 0 aromatic carbocycles. The predicted octanol–water partition coefficient (Wildman–Crippen LogP) is 0.502. The molecular weight excluding hydrogens is 178 g/mol. The van der Waals surface area contributed by atoms with Gasteiger partial charge in [0.1, 0.15) is 0 Å². The van der Waals surface area contributed by atoms with Gasteiger partial charge in [-0.15, -0.1) is 0 Å². The molecule has 4 nitrogen and oxygen atoms in total. The predicted molar refractivity (Wildman–Crippen MR) is 53.5 cm³/mol. The average molecular weight is 195 g/mol. The molecule has 1 N–H and O–H groups in total. The van der Waals surface area contributed by atoms with E-state index in [4.69, 9.17) is 5.26 Å². The van der Waals surface area contributed by atoms with E-state index in [0.717, 1.165) is 25.9 Å². The monoisotopic (exact) mass is 195 g/mol. The third kappa shape index (κ3) is 3.75. The quantitative estimate of drug-likeness (QED) is 0.665. The zero-order valence-electron chi connectivity index (χ0n) is 8.46. The molecule has 1 aliphatic rings. The fraction of sp³-hybridized carbons (Fsp3) is 0.800. The van der Waals surface area contributed by atoms with Crippen molar-refractivity contribution in [3.8, 4) is 6.07 Å². The Morgan fingerprint density at radius 3 is 2.71 bits per heavy atom. The van der Waals surface area contributed by atoms with E-state index in [1.165, 1.54) is 6.42 Å². The van der Waals surface area contributed by atoms with Crippen LogP contribution in [0.15, 0.2) is 0 Å². The number of carbonyl (C=O) groups is 1. The first-order valence-corrected chi connectivity index (χ1v) is 5.20. The second-order valence-electron chi connectivity index (χ2n) is 3.53. The molecule has 1 heterocycles. The molecule has 78 valence electrons. The number of nitriles is 1. The van der Waals surface area contributed by atoms with Crippen LogP contribution < -0.4 is 5.32 Å². The lowest BCUT2D eigenvalue weighted by Gasteiger charge is -2.26. The van der Waals surface area contributed by atoms with Gasteiger partial charge in [-0.05, 0) is 19.3 Å². The van der Waals surface area contributed by atoms with Gasteiger partial charge < -0.3 is 10.2 Å². The average Bonchev–Trinajstić information content (AvgIpc) is 2.25. The molecule has 0 unspecified atom stereocenters. The highest BCUT2D eigenvalue weighted by Crippen LogP contribution is 2.07. The Morgan fingerprint density at radius 2 is 2.07 bits per heavy atom. The van der Waals surface area contributed by atoms with E-state index in [2.05, 4.69) is 5.32 Å². The Labute approximate surface area is 84.9 Å². The van der Waals surface area contributed by atoms with Crippen LogP contribution in [0, 0.1) is 11.3 Å². The maximum atomic E-state index is 11.5. The van der Waals surface area contributed by atoms with Crippen LogP contribution >= 0.6 is 0 Å². The molecule has 0 aromatic heterocycles. The number of rotatable bonds is 4. The lowest BCUT2D eigenvalue weighted by Crippen LogP contribution is -2.41. The van der Waals surface area contributed by atoms with Crippen molar-refractivity contribution >= 4 is 5.91 Å². The van der Waals surface area contributed by atoms with Gasteiger partial charge in [0.15, 0.2) is 0 Å². The molecule has 1 aliphatic heterocycles. The molecule has 1 fully saturated rings. The van der Waals surface area contributed by atoms with Crippen LogP contribution in [-0.2, 0) is 4.79 Å². The van der Waals surface area contributed by atoms with Gasteiger partial charge in [-0.3, -0.25) is 4.79 Å². The summed E-state index contributed by atoms with van der Waals surface area (Å²) in [6, 6.07) is 2.03. The molecule has 0 saturated carbocycles. The minimum atomic E-state index is 0.169. The minimum Gasteiger partial charge on any atom is -0.342 e. The summed E-state index contributed by atoms with van der Waals surface area (Å²) < 4.78 is 0. The van der Waals surface area contributed by atoms with Crippen LogP contribution in [0.25, 0.3) is 0 Å². The van der Waals surface area contributed by atoms with Gasteiger partial charge in [-0.1, -0.05) is 0 Å². The first kappa shape index (κ1) is 11.0. The number of hydrogen-bond donors (Lipinski definition) is 1. The van der Waals surface area contributed by atoms with Crippen LogP contribution in [0.3, 0.4) is 0 Å². The van der Waals surface area contributed by atoms with Gasteiger partial charge in [-0.25, -0.2) is 0 Å². The largest absolute Gasteiger partial charge is 0.342 e. The fourth-order valence-corrected chi connectivity index (χ4v) is 1.59. The van der Waals surface area contributed by atoms with Crippen LogP contribution in [0.5, 0.6) is 0 Å². The second-order valence-corrected chi connectivity index (χ2v) is 3.53. The molecule has 14 heavy (non-hydrogen) atoms. The van der Waals surface area contributed by atoms with Crippen molar-refractivity contribution in [3.63, 3.8) is 0 Å². The molecule has 0 aromatic rings. The van der Waals surface area contributed by atoms with Crippen LogP contribution in [0.1, 0.15) is 25.7 Å². The second kappa shape index (κ2) is 6.39. The van der Waals surface area contributed by atoms with E-state index in [1.54, 1.807) is 0 Å². The first-order valence-electron chi connectivity index (χ1n) is 5.20. The maximum absolute atomic E-state index is 11.5. The Hall–Kier alpha value is -1.08. The number of carbonyl (C=O) groups excluding carboxylic acids is 1. The van der Waals surface area contributed by atoms with Crippen molar-refractivity contribution in [2.75, 3.05) is 26.2 Å². The Bertz CT molecular complexity index is 216. The molecule has 1 rings (SSSR count). The zero-order chi connectivity index (χ0) is 10.2. The molecular formula is C10H17N3O. The van der Waals surface area contributed by atoms with Gasteiger partial charge in [-0.2, -0.15) is 5.26 Å². The van der Waals surface area contributed by atoms with E-state index in [0.29, 0.717) is 19.5 Å². The molecule has 0 spiro atoms. The molecule has 0 aliphatic carbocycles. The number of amides is 1. The molecule has 0 radical (unpaired) electrons. The van der Waals surface area contributed by atoms with Crippen LogP contribution in [0.2, 0.25) is 0 Å².